The number of ether oxygens (including phenoxy) is 1. The second-order valence-electron chi connectivity index (χ2n) is 4.83. The van der Waals surface area contributed by atoms with Crippen molar-refractivity contribution in [3.05, 3.63) is 30.3 Å². The number of benzene rings is 1. The summed E-state index contributed by atoms with van der Waals surface area (Å²) in [7, 11) is -3.15. The third-order valence-corrected chi connectivity index (χ3v) is 4.90. The van der Waals surface area contributed by atoms with Crippen LogP contribution in [0.3, 0.4) is 0 Å². The molecule has 0 amide bonds. The van der Waals surface area contributed by atoms with Crippen LogP contribution in [0.4, 0.5) is 0 Å². The summed E-state index contributed by atoms with van der Waals surface area (Å²) in [5, 5.41) is 0.122. The van der Waals surface area contributed by atoms with Crippen molar-refractivity contribution in [2.75, 3.05) is 19.4 Å². The van der Waals surface area contributed by atoms with Gasteiger partial charge in [0.15, 0.2) is 0 Å². The zero-order valence-electron chi connectivity index (χ0n) is 10.9. The van der Waals surface area contributed by atoms with Crippen LogP contribution in [0.5, 0.6) is 5.75 Å². The predicted octanol–water partition coefficient (Wildman–Crippen LogP) is 1.79. The predicted molar refractivity (Wildman–Crippen MR) is 79.3 cm³/mol. The first-order chi connectivity index (χ1) is 8.97. The highest BCUT2D eigenvalue weighted by Crippen LogP contribution is 2.26. The van der Waals surface area contributed by atoms with Crippen LogP contribution in [0.1, 0.15) is 12.8 Å². The minimum Gasteiger partial charge on any atom is -0.494 e. The van der Waals surface area contributed by atoms with Gasteiger partial charge in [-0.15, -0.1) is 0 Å². The van der Waals surface area contributed by atoms with E-state index in [-0.39, 0.29) is 11.3 Å². The molecule has 1 fully saturated rings. The summed E-state index contributed by atoms with van der Waals surface area (Å²) in [5.41, 5.74) is 0. The molecule has 19 heavy (non-hydrogen) atoms. The van der Waals surface area contributed by atoms with Crippen LogP contribution in [0.2, 0.25) is 0 Å². The Balaban J connectivity index is 1.88. The van der Waals surface area contributed by atoms with Crippen molar-refractivity contribution in [3.8, 4) is 5.75 Å². The van der Waals surface area contributed by atoms with Gasteiger partial charge in [0.2, 0.25) is 10.0 Å². The van der Waals surface area contributed by atoms with Gasteiger partial charge in [-0.05, 0) is 25.0 Å². The minimum absolute atomic E-state index is 0.00112. The first-order valence-corrected chi connectivity index (χ1v) is 8.66. The van der Waals surface area contributed by atoms with Gasteiger partial charge in [0.1, 0.15) is 5.75 Å². The molecule has 106 valence electrons. The highest BCUT2D eigenvalue weighted by Gasteiger charge is 2.35. The summed E-state index contributed by atoms with van der Waals surface area (Å²) in [6.45, 7) is 1.01. The summed E-state index contributed by atoms with van der Waals surface area (Å²) in [6, 6.07) is 9.55. The number of hydrogen-bond donors (Lipinski definition) is 1. The van der Waals surface area contributed by atoms with Crippen LogP contribution in [0, 0.1) is 0 Å². The van der Waals surface area contributed by atoms with Gasteiger partial charge in [-0.1, -0.05) is 18.2 Å². The van der Waals surface area contributed by atoms with Crippen molar-refractivity contribution in [2.45, 2.75) is 24.1 Å². The molecule has 4 nitrogen and oxygen atoms in total. The maximum absolute atomic E-state index is 11.7. The third-order valence-electron chi connectivity index (χ3n) is 3.23. The molecule has 0 N–H and O–H groups in total. The highest BCUT2D eigenvalue weighted by molar-refractivity contribution is 7.88. The smallest absolute Gasteiger partial charge is 0.211 e. The van der Waals surface area contributed by atoms with E-state index in [1.54, 1.807) is 4.31 Å². The number of sulfonamides is 1. The lowest BCUT2D eigenvalue weighted by molar-refractivity contribution is 0.264. The molecule has 0 unspecified atom stereocenters. The molecule has 1 aliphatic heterocycles. The fourth-order valence-corrected chi connectivity index (χ4v) is 4.07. The van der Waals surface area contributed by atoms with E-state index in [9.17, 15) is 8.42 Å². The average Bonchev–Trinajstić information content (AvgIpc) is 2.72. The van der Waals surface area contributed by atoms with Crippen LogP contribution >= 0.6 is 12.6 Å². The number of thiol groups is 1. The number of rotatable bonds is 5. The molecule has 0 aliphatic carbocycles. The Hall–Kier alpha value is -0.720. The van der Waals surface area contributed by atoms with E-state index in [0.29, 0.717) is 19.6 Å². The molecule has 1 aromatic carbocycles. The molecule has 0 spiro atoms. The molecule has 1 aromatic rings. The maximum atomic E-state index is 11.7. The van der Waals surface area contributed by atoms with E-state index in [2.05, 4.69) is 12.6 Å². The molecule has 0 saturated carbocycles. The van der Waals surface area contributed by atoms with Gasteiger partial charge >= 0.3 is 0 Å². The molecular weight excluding hydrogens is 282 g/mol. The Bertz CT molecular complexity index is 504. The molecule has 0 bridgehead atoms. The summed E-state index contributed by atoms with van der Waals surface area (Å²) in [6.07, 6.45) is 2.73. The van der Waals surface area contributed by atoms with Crippen LogP contribution in [-0.4, -0.2) is 43.4 Å². The Morgan fingerprint density at radius 3 is 2.68 bits per heavy atom. The summed E-state index contributed by atoms with van der Waals surface area (Å²) >= 11 is 4.39. The number of para-hydroxylation sites is 1. The van der Waals surface area contributed by atoms with E-state index < -0.39 is 10.0 Å². The van der Waals surface area contributed by atoms with Crippen LogP contribution in [-0.2, 0) is 10.0 Å². The fourth-order valence-electron chi connectivity index (χ4n) is 2.36. The van der Waals surface area contributed by atoms with Crippen molar-refractivity contribution >= 4 is 22.7 Å². The van der Waals surface area contributed by atoms with Gasteiger partial charge in [-0.3, -0.25) is 0 Å². The van der Waals surface area contributed by atoms with Gasteiger partial charge in [-0.2, -0.15) is 16.9 Å². The lowest BCUT2D eigenvalue weighted by Gasteiger charge is -2.21. The number of nitrogens with zero attached hydrogens (tertiary/aromatic N) is 1. The molecule has 0 aromatic heterocycles. The van der Waals surface area contributed by atoms with E-state index in [1.807, 2.05) is 30.3 Å². The van der Waals surface area contributed by atoms with E-state index in [4.69, 9.17) is 4.74 Å². The average molecular weight is 301 g/mol. The monoisotopic (exact) mass is 301 g/mol. The van der Waals surface area contributed by atoms with Crippen LogP contribution < -0.4 is 4.74 Å². The largest absolute Gasteiger partial charge is 0.494 e. The van der Waals surface area contributed by atoms with Crippen molar-refractivity contribution in [2.24, 2.45) is 0 Å². The first kappa shape index (κ1) is 14.7. The minimum atomic E-state index is -3.15. The molecule has 1 heterocycles. The van der Waals surface area contributed by atoms with Gasteiger partial charge in [0, 0.05) is 17.8 Å². The summed E-state index contributed by atoms with van der Waals surface area (Å²) in [5.74, 6) is 0.814. The normalized spacial score (nSPS) is 24.5. The second-order valence-corrected chi connectivity index (χ2v) is 7.49. The molecule has 2 atom stereocenters. The fraction of sp³-hybridized carbons (Fsp3) is 0.538. The Morgan fingerprint density at radius 2 is 2.05 bits per heavy atom. The van der Waals surface area contributed by atoms with Gasteiger partial charge in [-0.25, -0.2) is 8.42 Å². The first-order valence-electron chi connectivity index (χ1n) is 6.29. The Labute approximate surface area is 120 Å². The van der Waals surface area contributed by atoms with Crippen molar-refractivity contribution in [3.63, 3.8) is 0 Å². The van der Waals surface area contributed by atoms with Gasteiger partial charge in [0.25, 0.3) is 0 Å². The van der Waals surface area contributed by atoms with E-state index >= 15 is 0 Å². The quantitative estimate of drug-likeness (QED) is 0.844. The lowest BCUT2D eigenvalue weighted by atomic mass is 10.2. The van der Waals surface area contributed by atoms with Crippen LogP contribution in [0.15, 0.2) is 30.3 Å². The third kappa shape index (κ3) is 4.12. The standard InChI is InChI=1S/C13H19NO3S2/c1-19(15,16)14-10-13(18)9-11(14)7-8-17-12-5-3-2-4-6-12/h2-6,11,13,18H,7-10H2,1H3/t11-,13-/m1/s1. The zero-order chi connectivity index (χ0) is 13.9. The van der Waals surface area contributed by atoms with E-state index in [1.165, 1.54) is 6.26 Å². The Morgan fingerprint density at radius 1 is 1.37 bits per heavy atom. The molecule has 1 aliphatic rings. The van der Waals surface area contributed by atoms with Gasteiger partial charge in [0.05, 0.1) is 12.9 Å². The zero-order valence-corrected chi connectivity index (χ0v) is 12.6. The summed E-state index contributed by atoms with van der Waals surface area (Å²) in [4.78, 5) is 0. The van der Waals surface area contributed by atoms with E-state index in [0.717, 1.165) is 12.2 Å². The lowest BCUT2D eigenvalue weighted by Crippen LogP contribution is -2.35. The van der Waals surface area contributed by atoms with Crippen molar-refractivity contribution in [1.29, 1.82) is 0 Å². The second kappa shape index (κ2) is 6.15. The SMILES string of the molecule is CS(=O)(=O)N1C[C@H](S)C[C@H]1CCOc1ccccc1. The topological polar surface area (TPSA) is 46.6 Å². The molecule has 0 radical (unpaired) electrons. The molecule has 1 saturated heterocycles. The molecular formula is C13H19NO3S2. The van der Waals surface area contributed by atoms with Crippen molar-refractivity contribution < 1.29 is 13.2 Å². The molecule has 2 rings (SSSR count). The maximum Gasteiger partial charge on any atom is 0.211 e. The number of hydrogen-bond acceptors (Lipinski definition) is 4. The summed E-state index contributed by atoms with van der Waals surface area (Å²) < 4.78 is 30.5. The molecule has 6 heteroatoms. The van der Waals surface area contributed by atoms with Gasteiger partial charge < -0.3 is 4.74 Å². The Kier molecular flexibility index (Phi) is 4.76. The van der Waals surface area contributed by atoms with Crippen molar-refractivity contribution in [1.82, 2.24) is 4.31 Å². The van der Waals surface area contributed by atoms with Crippen LogP contribution in [0.25, 0.3) is 0 Å². The highest BCUT2D eigenvalue weighted by atomic mass is 32.2.